The minimum atomic E-state index is -1.24. The average Bonchev–Trinajstić information content (AvgIpc) is 2.65. The summed E-state index contributed by atoms with van der Waals surface area (Å²) in [5.41, 5.74) is 1.50. The molecule has 1 aromatic carbocycles. The van der Waals surface area contributed by atoms with Gasteiger partial charge in [0.05, 0.1) is 11.1 Å². The third-order valence-electron chi connectivity index (χ3n) is 5.85. The Bertz CT molecular complexity index is 903. The molecule has 0 unspecified atom stereocenters. The molecule has 26 heavy (non-hydrogen) atoms. The molecule has 0 bridgehead atoms. The minimum Gasteiger partial charge on any atom is -0.341 e. The lowest BCUT2D eigenvalue weighted by atomic mass is 9.59. The lowest BCUT2D eigenvalue weighted by Crippen LogP contribution is -2.48. The van der Waals surface area contributed by atoms with Crippen LogP contribution in [0.1, 0.15) is 44.7 Å². The zero-order valence-electron chi connectivity index (χ0n) is 15.3. The molecule has 2 aromatic rings. The molecule has 4 heteroatoms. The Labute approximate surface area is 153 Å². The van der Waals surface area contributed by atoms with E-state index in [0.29, 0.717) is 23.5 Å². The highest BCUT2D eigenvalue weighted by molar-refractivity contribution is 6.03. The molecule has 1 aliphatic carbocycles. The molecule has 2 aliphatic rings. The number of rotatable bonds is 2. The van der Waals surface area contributed by atoms with Crippen LogP contribution in [0.25, 0.3) is 0 Å². The first-order valence-electron chi connectivity index (χ1n) is 9.12. The van der Waals surface area contributed by atoms with Crippen molar-refractivity contribution < 1.29 is 9.18 Å². The maximum Gasteiger partial charge on any atom is 0.162 e. The van der Waals surface area contributed by atoms with Gasteiger partial charge in [0.2, 0.25) is 0 Å². The largest absolute Gasteiger partial charge is 0.341 e. The van der Waals surface area contributed by atoms with Crippen molar-refractivity contribution in [3.05, 3.63) is 71.1 Å². The van der Waals surface area contributed by atoms with E-state index in [-0.39, 0.29) is 12.2 Å². The average molecular weight is 350 g/mol. The third-order valence-corrected chi connectivity index (χ3v) is 5.85. The minimum absolute atomic E-state index is 0.0200. The predicted molar refractivity (Wildman–Crippen MR) is 101 cm³/mol. The van der Waals surface area contributed by atoms with E-state index in [1.807, 2.05) is 56.3 Å². The zero-order valence-corrected chi connectivity index (χ0v) is 15.3. The first-order valence-corrected chi connectivity index (χ1v) is 9.12. The first kappa shape index (κ1) is 17.0. The molecule has 4 rings (SSSR count). The Hall–Kier alpha value is -2.49. The van der Waals surface area contributed by atoms with Crippen LogP contribution >= 0.6 is 0 Å². The van der Waals surface area contributed by atoms with Gasteiger partial charge in [-0.15, -0.1) is 0 Å². The van der Waals surface area contributed by atoms with E-state index < -0.39 is 17.0 Å². The van der Waals surface area contributed by atoms with Crippen LogP contribution in [0.4, 0.5) is 10.2 Å². The molecule has 1 aromatic heterocycles. The Kier molecular flexibility index (Phi) is 3.76. The van der Waals surface area contributed by atoms with Crippen molar-refractivity contribution in [3.8, 4) is 0 Å². The molecule has 2 atom stereocenters. The maximum atomic E-state index is 15.5. The second-order valence-electron chi connectivity index (χ2n) is 7.89. The molecule has 3 nitrogen and oxygen atoms in total. The monoisotopic (exact) mass is 350 g/mol. The second kappa shape index (κ2) is 5.76. The number of benzene rings is 1. The lowest BCUT2D eigenvalue weighted by Gasteiger charge is -2.47. The topological polar surface area (TPSA) is 42.0 Å². The quantitative estimate of drug-likeness (QED) is 0.846. The first-order chi connectivity index (χ1) is 12.4. The van der Waals surface area contributed by atoms with Gasteiger partial charge >= 0.3 is 0 Å². The van der Waals surface area contributed by atoms with Crippen molar-refractivity contribution in [2.75, 3.05) is 5.32 Å². The van der Waals surface area contributed by atoms with Crippen LogP contribution in [-0.4, -0.2) is 16.9 Å². The van der Waals surface area contributed by atoms with E-state index >= 15 is 4.39 Å². The van der Waals surface area contributed by atoms with E-state index in [0.717, 1.165) is 11.1 Å². The van der Waals surface area contributed by atoms with E-state index in [4.69, 9.17) is 0 Å². The Balaban J connectivity index is 2.08. The van der Waals surface area contributed by atoms with Gasteiger partial charge in [0, 0.05) is 29.2 Å². The van der Waals surface area contributed by atoms with E-state index in [2.05, 4.69) is 17.2 Å². The molecule has 2 heterocycles. The molecular weight excluding hydrogens is 327 g/mol. The Morgan fingerprint density at radius 3 is 2.62 bits per heavy atom. The summed E-state index contributed by atoms with van der Waals surface area (Å²) >= 11 is 0. The van der Waals surface area contributed by atoms with Gasteiger partial charge in [0.25, 0.3) is 0 Å². The van der Waals surface area contributed by atoms with Crippen LogP contribution in [0.3, 0.4) is 0 Å². The number of Topliss-reactive ketones (excluding diaryl/α,β-unsaturated/α-hetero) is 1. The molecule has 1 aliphatic heterocycles. The number of ketones is 1. The van der Waals surface area contributed by atoms with Crippen molar-refractivity contribution in [1.82, 2.24) is 4.98 Å². The van der Waals surface area contributed by atoms with Crippen LogP contribution in [0.15, 0.2) is 59.9 Å². The molecule has 0 spiro atoms. The summed E-state index contributed by atoms with van der Waals surface area (Å²) in [5.74, 6) is 0.664. The van der Waals surface area contributed by atoms with Gasteiger partial charge in [0.15, 0.2) is 5.78 Å². The van der Waals surface area contributed by atoms with Crippen molar-refractivity contribution in [3.63, 3.8) is 0 Å². The second-order valence-corrected chi connectivity index (χ2v) is 7.89. The fourth-order valence-corrected chi connectivity index (χ4v) is 4.56. The third kappa shape index (κ3) is 2.17. The van der Waals surface area contributed by atoms with Crippen LogP contribution in [-0.2, 0) is 10.2 Å². The van der Waals surface area contributed by atoms with E-state index in [1.54, 1.807) is 6.20 Å². The zero-order chi connectivity index (χ0) is 18.5. The highest BCUT2D eigenvalue weighted by Crippen LogP contribution is 2.54. The number of nitrogens with one attached hydrogen (secondary N) is 1. The highest BCUT2D eigenvalue weighted by Gasteiger charge is 2.53. The molecule has 0 saturated heterocycles. The standard InChI is InChI=1S/C22H23FN2O/c1-4-22(14-9-6-5-7-10-14)15-11-8-12-24-20(15)25-18-17(22)16(26)13-21(2,3)19(18)23/h5-12,19H,4,13H2,1-3H3,(H,24,25)/t19-,22+/m1/s1. The fourth-order valence-electron chi connectivity index (χ4n) is 4.56. The smallest absolute Gasteiger partial charge is 0.162 e. The summed E-state index contributed by atoms with van der Waals surface area (Å²) in [6.07, 6.45) is 1.33. The number of anilines is 1. The molecule has 0 radical (unpaired) electrons. The normalized spacial score (nSPS) is 26.8. The van der Waals surface area contributed by atoms with E-state index in [1.165, 1.54) is 0 Å². The number of aromatic nitrogens is 1. The van der Waals surface area contributed by atoms with Crippen molar-refractivity contribution in [2.24, 2.45) is 5.41 Å². The number of allylic oxidation sites excluding steroid dienone is 2. The fraction of sp³-hybridized carbons (Fsp3) is 0.364. The van der Waals surface area contributed by atoms with Gasteiger partial charge in [-0.3, -0.25) is 4.79 Å². The van der Waals surface area contributed by atoms with Crippen LogP contribution < -0.4 is 5.32 Å². The van der Waals surface area contributed by atoms with Crippen LogP contribution in [0.2, 0.25) is 0 Å². The highest BCUT2D eigenvalue weighted by atomic mass is 19.1. The summed E-state index contributed by atoms with van der Waals surface area (Å²) in [6, 6.07) is 13.8. The van der Waals surface area contributed by atoms with Crippen LogP contribution in [0, 0.1) is 5.41 Å². The summed E-state index contributed by atoms with van der Waals surface area (Å²) in [4.78, 5) is 17.7. The molecule has 0 saturated carbocycles. The van der Waals surface area contributed by atoms with Crippen molar-refractivity contribution >= 4 is 11.6 Å². The maximum absolute atomic E-state index is 15.5. The summed E-state index contributed by atoms with van der Waals surface area (Å²) in [7, 11) is 0. The van der Waals surface area contributed by atoms with Gasteiger partial charge in [-0.25, -0.2) is 9.37 Å². The van der Waals surface area contributed by atoms with Crippen LogP contribution in [0.5, 0.6) is 0 Å². The Morgan fingerprint density at radius 2 is 1.92 bits per heavy atom. The lowest BCUT2D eigenvalue weighted by molar-refractivity contribution is -0.120. The number of nitrogens with zero attached hydrogens (tertiary/aromatic N) is 1. The van der Waals surface area contributed by atoms with Gasteiger partial charge < -0.3 is 5.32 Å². The number of carbonyl (C=O) groups is 1. The number of halogens is 1. The predicted octanol–water partition coefficient (Wildman–Crippen LogP) is 4.79. The summed E-state index contributed by atoms with van der Waals surface area (Å²) in [6.45, 7) is 5.68. The number of carbonyl (C=O) groups excluding carboxylic acids is 1. The van der Waals surface area contributed by atoms with Crippen molar-refractivity contribution in [1.29, 1.82) is 0 Å². The summed E-state index contributed by atoms with van der Waals surface area (Å²) < 4.78 is 15.5. The number of fused-ring (bicyclic) bond motifs is 1. The number of hydrogen-bond acceptors (Lipinski definition) is 3. The van der Waals surface area contributed by atoms with E-state index in [9.17, 15) is 4.79 Å². The number of pyridine rings is 1. The van der Waals surface area contributed by atoms with Gasteiger partial charge in [-0.1, -0.05) is 57.2 Å². The summed E-state index contributed by atoms with van der Waals surface area (Å²) in [5, 5.41) is 3.17. The molecule has 1 N–H and O–H groups in total. The van der Waals surface area contributed by atoms with Gasteiger partial charge in [-0.2, -0.15) is 0 Å². The van der Waals surface area contributed by atoms with Gasteiger partial charge in [-0.05, 0) is 18.1 Å². The number of hydrogen-bond donors (Lipinski definition) is 1. The Morgan fingerprint density at radius 1 is 1.19 bits per heavy atom. The SMILES string of the molecule is CC[C@@]1(c2ccccc2)C2=C(Nc3ncccc31)[C@@H](F)C(C)(C)CC2=O. The molecular formula is C22H23FN2O. The molecule has 0 amide bonds. The van der Waals surface area contributed by atoms with Crippen molar-refractivity contribution in [2.45, 2.75) is 45.2 Å². The number of alkyl halides is 1. The molecule has 0 fully saturated rings. The molecule has 134 valence electrons. The van der Waals surface area contributed by atoms with Gasteiger partial charge in [0.1, 0.15) is 12.0 Å².